The molecule has 0 bridgehead atoms. The van der Waals surface area contributed by atoms with Gasteiger partial charge in [-0.3, -0.25) is 14.9 Å². The van der Waals surface area contributed by atoms with Crippen molar-refractivity contribution < 1.29 is 14.3 Å². The lowest BCUT2D eigenvalue weighted by Crippen LogP contribution is -2.48. The Balaban J connectivity index is 1.72. The Morgan fingerprint density at radius 2 is 2.24 bits per heavy atom. The number of piperidine rings is 1. The molecule has 3 rings (SSSR count). The van der Waals surface area contributed by atoms with Crippen molar-refractivity contribution in [3.8, 4) is 5.75 Å². The molecule has 112 valence electrons. The van der Waals surface area contributed by atoms with Gasteiger partial charge in [-0.1, -0.05) is 6.07 Å². The molecule has 1 saturated heterocycles. The number of anilines is 1. The highest BCUT2D eigenvalue weighted by Gasteiger charge is 2.24. The summed E-state index contributed by atoms with van der Waals surface area (Å²) < 4.78 is 5.34. The molecule has 2 amide bonds. The number of nitrogens with one attached hydrogen (secondary N) is 3. The summed E-state index contributed by atoms with van der Waals surface area (Å²) in [5.41, 5.74) is 1.70. The summed E-state index contributed by atoms with van der Waals surface area (Å²) in [7, 11) is 0. The van der Waals surface area contributed by atoms with Gasteiger partial charge >= 0.3 is 0 Å². The number of fused-ring (bicyclic) bond motifs is 1. The average Bonchev–Trinajstić information content (AvgIpc) is 2.48. The first-order valence-corrected chi connectivity index (χ1v) is 7.24. The van der Waals surface area contributed by atoms with Crippen molar-refractivity contribution in [1.29, 1.82) is 0 Å². The second kappa shape index (κ2) is 5.73. The van der Waals surface area contributed by atoms with Crippen molar-refractivity contribution in [1.82, 2.24) is 10.6 Å². The molecule has 0 radical (unpaired) electrons. The molecular weight excluding hydrogens is 270 g/mol. The van der Waals surface area contributed by atoms with Crippen LogP contribution in [0, 0.1) is 0 Å². The lowest BCUT2D eigenvalue weighted by molar-refractivity contribution is -0.124. The van der Waals surface area contributed by atoms with Gasteiger partial charge in [0.25, 0.3) is 5.91 Å². The van der Waals surface area contributed by atoms with Crippen LogP contribution < -0.4 is 20.7 Å². The van der Waals surface area contributed by atoms with Gasteiger partial charge in [0, 0.05) is 12.6 Å². The van der Waals surface area contributed by atoms with Crippen LogP contribution in [0.3, 0.4) is 0 Å². The van der Waals surface area contributed by atoms with E-state index in [0.29, 0.717) is 11.4 Å². The van der Waals surface area contributed by atoms with Crippen molar-refractivity contribution in [3.05, 3.63) is 23.8 Å². The maximum atomic E-state index is 11.8. The highest BCUT2D eigenvalue weighted by atomic mass is 16.5. The van der Waals surface area contributed by atoms with E-state index in [0.717, 1.165) is 24.9 Å². The zero-order valence-corrected chi connectivity index (χ0v) is 11.9. The first-order valence-electron chi connectivity index (χ1n) is 7.24. The molecule has 0 aliphatic carbocycles. The van der Waals surface area contributed by atoms with Crippen LogP contribution >= 0.6 is 0 Å². The minimum atomic E-state index is -0.157. The number of carbonyl (C=O) groups excluding carboxylic acids is 2. The summed E-state index contributed by atoms with van der Waals surface area (Å²) in [6.45, 7) is 2.82. The summed E-state index contributed by atoms with van der Waals surface area (Å²) in [5, 5.41) is 9.00. The Morgan fingerprint density at radius 3 is 3.05 bits per heavy atom. The normalized spacial score (nSPS) is 22.6. The minimum absolute atomic E-state index is 0.0166. The van der Waals surface area contributed by atoms with Crippen molar-refractivity contribution in [2.45, 2.75) is 31.8 Å². The third kappa shape index (κ3) is 3.00. The largest absolute Gasteiger partial charge is 0.482 e. The lowest BCUT2D eigenvalue weighted by atomic mass is 10.0. The van der Waals surface area contributed by atoms with Gasteiger partial charge in [-0.15, -0.1) is 0 Å². The minimum Gasteiger partial charge on any atom is -0.482 e. The number of hydrogen-bond donors (Lipinski definition) is 3. The predicted octanol–water partition coefficient (Wildman–Crippen LogP) is 0.947. The summed E-state index contributed by atoms with van der Waals surface area (Å²) >= 11 is 0. The van der Waals surface area contributed by atoms with E-state index in [4.69, 9.17) is 4.74 Å². The summed E-state index contributed by atoms with van der Waals surface area (Å²) in [6.07, 6.45) is 1.84. The molecule has 2 atom stereocenters. The molecule has 0 saturated carbocycles. The SMILES string of the molecule is CC(NC1CCCNC1=O)c1ccc2c(c1)NC(=O)CO2. The monoisotopic (exact) mass is 289 g/mol. The molecule has 0 spiro atoms. The van der Waals surface area contributed by atoms with Crippen LogP contribution in [0.15, 0.2) is 18.2 Å². The van der Waals surface area contributed by atoms with E-state index >= 15 is 0 Å². The number of rotatable bonds is 3. The van der Waals surface area contributed by atoms with Crippen LogP contribution in [0.4, 0.5) is 5.69 Å². The van der Waals surface area contributed by atoms with E-state index < -0.39 is 0 Å². The zero-order valence-electron chi connectivity index (χ0n) is 11.9. The van der Waals surface area contributed by atoms with Crippen molar-refractivity contribution >= 4 is 17.5 Å². The lowest BCUT2D eigenvalue weighted by Gasteiger charge is -2.27. The van der Waals surface area contributed by atoms with E-state index in [1.807, 2.05) is 25.1 Å². The summed E-state index contributed by atoms with van der Waals surface area (Å²) in [6, 6.07) is 5.56. The highest BCUT2D eigenvalue weighted by Crippen LogP contribution is 2.30. The van der Waals surface area contributed by atoms with Gasteiger partial charge in [-0.25, -0.2) is 0 Å². The molecule has 1 aromatic carbocycles. The van der Waals surface area contributed by atoms with Crippen LogP contribution in [0.2, 0.25) is 0 Å². The maximum absolute atomic E-state index is 11.8. The van der Waals surface area contributed by atoms with E-state index in [9.17, 15) is 9.59 Å². The van der Waals surface area contributed by atoms with Crippen LogP contribution in [0.1, 0.15) is 31.4 Å². The predicted molar refractivity (Wildman–Crippen MR) is 78.1 cm³/mol. The van der Waals surface area contributed by atoms with Gasteiger partial charge in [-0.2, -0.15) is 0 Å². The van der Waals surface area contributed by atoms with E-state index in [1.54, 1.807) is 0 Å². The smallest absolute Gasteiger partial charge is 0.262 e. The molecular formula is C15H19N3O3. The van der Waals surface area contributed by atoms with Gasteiger partial charge in [0.2, 0.25) is 5.91 Å². The second-order valence-corrected chi connectivity index (χ2v) is 5.47. The fourth-order valence-corrected chi connectivity index (χ4v) is 2.70. The molecule has 1 fully saturated rings. The maximum Gasteiger partial charge on any atom is 0.262 e. The Labute approximate surface area is 123 Å². The third-order valence-corrected chi connectivity index (χ3v) is 3.87. The van der Waals surface area contributed by atoms with Crippen molar-refractivity contribution in [3.63, 3.8) is 0 Å². The second-order valence-electron chi connectivity index (χ2n) is 5.47. The van der Waals surface area contributed by atoms with Gasteiger partial charge in [0.05, 0.1) is 11.7 Å². The zero-order chi connectivity index (χ0) is 14.8. The van der Waals surface area contributed by atoms with Crippen LogP contribution in [0.5, 0.6) is 5.75 Å². The molecule has 2 heterocycles. The molecule has 2 unspecified atom stereocenters. The van der Waals surface area contributed by atoms with Gasteiger partial charge in [0.1, 0.15) is 5.75 Å². The number of hydrogen-bond acceptors (Lipinski definition) is 4. The van der Waals surface area contributed by atoms with E-state index in [2.05, 4.69) is 16.0 Å². The Kier molecular flexibility index (Phi) is 3.79. The summed E-state index contributed by atoms with van der Waals surface area (Å²) in [4.78, 5) is 23.1. The van der Waals surface area contributed by atoms with Gasteiger partial charge in [-0.05, 0) is 37.5 Å². The molecule has 3 N–H and O–H groups in total. The van der Waals surface area contributed by atoms with E-state index in [-0.39, 0.29) is 30.5 Å². The standard InChI is InChI=1S/C15H19N3O3/c1-9(17-11-3-2-6-16-15(11)20)10-4-5-13-12(7-10)18-14(19)8-21-13/h4-5,7,9,11,17H,2-3,6,8H2,1H3,(H,16,20)(H,18,19). The van der Waals surface area contributed by atoms with Crippen LogP contribution in [0.25, 0.3) is 0 Å². The summed E-state index contributed by atoms with van der Waals surface area (Å²) in [5.74, 6) is 0.593. The Bertz CT molecular complexity index is 573. The quantitative estimate of drug-likeness (QED) is 0.774. The molecule has 21 heavy (non-hydrogen) atoms. The molecule has 2 aliphatic heterocycles. The average molecular weight is 289 g/mol. The molecule has 6 heteroatoms. The molecule has 6 nitrogen and oxygen atoms in total. The molecule has 0 aromatic heterocycles. The van der Waals surface area contributed by atoms with Gasteiger partial charge < -0.3 is 15.4 Å². The topological polar surface area (TPSA) is 79.5 Å². The highest BCUT2D eigenvalue weighted by molar-refractivity contribution is 5.95. The fraction of sp³-hybridized carbons (Fsp3) is 0.467. The first kappa shape index (κ1) is 13.9. The number of benzene rings is 1. The number of ether oxygens (including phenoxy) is 1. The fourth-order valence-electron chi connectivity index (χ4n) is 2.70. The first-order chi connectivity index (χ1) is 10.1. The number of amides is 2. The van der Waals surface area contributed by atoms with Gasteiger partial charge in [0.15, 0.2) is 6.61 Å². The van der Waals surface area contributed by atoms with Crippen molar-refractivity contribution in [2.75, 3.05) is 18.5 Å². The van der Waals surface area contributed by atoms with Crippen molar-refractivity contribution in [2.24, 2.45) is 0 Å². The Morgan fingerprint density at radius 1 is 1.38 bits per heavy atom. The molecule has 1 aromatic rings. The Hall–Kier alpha value is -2.08. The number of carbonyl (C=O) groups is 2. The van der Waals surface area contributed by atoms with Crippen LogP contribution in [-0.2, 0) is 9.59 Å². The van der Waals surface area contributed by atoms with Crippen LogP contribution in [-0.4, -0.2) is 31.0 Å². The van der Waals surface area contributed by atoms with E-state index in [1.165, 1.54) is 0 Å². The third-order valence-electron chi connectivity index (χ3n) is 3.87. The molecule has 2 aliphatic rings.